The molecule has 0 bridgehead atoms. The molecule has 2 aliphatic carbocycles. The molecule has 2 rings (SSSR count). The number of halogens is 6. The molecular weight excluding hydrogens is 611 g/mol. The van der Waals surface area contributed by atoms with Gasteiger partial charge in [0.05, 0.1) is 0 Å². The van der Waals surface area contributed by atoms with Gasteiger partial charge in [0.15, 0.2) is 0 Å². The predicted molar refractivity (Wildman–Crippen MR) is 79.9 cm³/mol. The molecular formula is C18H26Cl6Zr2. The molecule has 0 spiro atoms. The summed E-state index contributed by atoms with van der Waals surface area (Å²) in [5, 5.41) is 0. The summed E-state index contributed by atoms with van der Waals surface area (Å²) in [4.78, 5) is 0. The average molecular weight is 638 g/mol. The maximum Gasteiger partial charge on any atom is 4.00 e. The molecule has 148 valence electrons. The van der Waals surface area contributed by atoms with E-state index in [1.165, 1.54) is 24.0 Å². The van der Waals surface area contributed by atoms with Gasteiger partial charge in [0.1, 0.15) is 0 Å². The zero-order valence-electron chi connectivity index (χ0n) is 15.6. The summed E-state index contributed by atoms with van der Waals surface area (Å²) in [7, 11) is 0. The molecule has 0 fully saturated rings. The van der Waals surface area contributed by atoms with E-state index in [1.54, 1.807) is 0 Å². The zero-order valence-corrected chi connectivity index (χ0v) is 25.0. The molecule has 0 amide bonds. The van der Waals surface area contributed by atoms with Crippen LogP contribution < -0.4 is 74.4 Å². The first kappa shape index (κ1) is 51.3. The van der Waals surface area contributed by atoms with E-state index in [4.69, 9.17) is 0 Å². The molecule has 0 nitrogen and oxygen atoms in total. The Balaban J connectivity index is -0.0000000318. The van der Waals surface area contributed by atoms with Crippen LogP contribution in [0.3, 0.4) is 0 Å². The van der Waals surface area contributed by atoms with E-state index in [0.29, 0.717) is 0 Å². The van der Waals surface area contributed by atoms with E-state index < -0.39 is 0 Å². The Morgan fingerprint density at radius 3 is 1.08 bits per heavy atom. The summed E-state index contributed by atoms with van der Waals surface area (Å²) >= 11 is 0. The van der Waals surface area contributed by atoms with Crippen molar-refractivity contribution in [3.63, 3.8) is 0 Å². The first-order valence-electron chi connectivity index (χ1n) is 7.10. The molecule has 0 heterocycles. The molecule has 8 heteroatoms. The van der Waals surface area contributed by atoms with Crippen LogP contribution in [0.1, 0.15) is 53.4 Å². The largest absolute Gasteiger partial charge is 4.00 e. The van der Waals surface area contributed by atoms with Crippen molar-refractivity contribution in [1.82, 2.24) is 0 Å². The van der Waals surface area contributed by atoms with Gasteiger partial charge in [0, 0.05) is 0 Å². The molecule has 26 heavy (non-hydrogen) atoms. The van der Waals surface area contributed by atoms with E-state index in [2.05, 4.69) is 64.2 Å². The van der Waals surface area contributed by atoms with Crippen molar-refractivity contribution in [2.24, 2.45) is 11.8 Å². The quantitative estimate of drug-likeness (QED) is 0.269. The minimum atomic E-state index is 0. The average Bonchev–Trinajstić information content (AvgIpc) is 2.90. The van der Waals surface area contributed by atoms with E-state index in [1.807, 2.05) is 0 Å². The van der Waals surface area contributed by atoms with Crippen LogP contribution in [0.4, 0.5) is 0 Å². The van der Waals surface area contributed by atoms with Gasteiger partial charge in [-0.05, 0) is 11.8 Å². The second-order valence-corrected chi connectivity index (χ2v) is 5.81. The van der Waals surface area contributed by atoms with Crippen LogP contribution in [0.15, 0.2) is 35.5 Å². The number of allylic oxidation sites excluding steroid dienone is 8. The molecule has 0 aromatic carbocycles. The first-order chi connectivity index (χ1) is 8.58. The molecule has 0 unspecified atom stereocenters. The Hall–Kier alpha value is 2.47. The van der Waals surface area contributed by atoms with Crippen LogP contribution in [0.2, 0.25) is 0 Å². The summed E-state index contributed by atoms with van der Waals surface area (Å²) in [6.45, 7) is 8.95. The summed E-state index contributed by atoms with van der Waals surface area (Å²) in [6, 6.07) is 0. The maximum atomic E-state index is 3.29. The van der Waals surface area contributed by atoms with Crippen LogP contribution in [-0.4, -0.2) is 0 Å². The van der Waals surface area contributed by atoms with Crippen LogP contribution in [-0.2, 0) is 52.4 Å². The third-order valence-electron chi connectivity index (χ3n) is 2.79. The van der Waals surface area contributed by atoms with Gasteiger partial charge in [-0.1, -0.05) is 40.5 Å². The fourth-order valence-corrected chi connectivity index (χ4v) is 2.06. The van der Waals surface area contributed by atoms with E-state index in [9.17, 15) is 0 Å². The molecule has 0 saturated heterocycles. The van der Waals surface area contributed by atoms with Crippen LogP contribution in [0.25, 0.3) is 0 Å². The van der Waals surface area contributed by atoms with Crippen molar-refractivity contribution in [2.45, 2.75) is 53.4 Å². The van der Waals surface area contributed by atoms with Gasteiger partial charge in [-0.3, -0.25) is 12.2 Å². The SMILES string of the molecule is CC(C)CC1=[C-]CC=C1.CC(C)CC1=[C-]CC=C1.[Cl-].[Cl-].[Cl-].[Cl-].[Cl-].[Cl-].[Zr+4].[Zr+4]. The van der Waals surface area contributed by atoms with Crippen molar-refractivity contribution >= 4 is 0 Å². The minimum Gasteiger partial charge on any atom is -1.00 e. The Morgan fingerprint density at radius 2 is 0.923 bits per heavy atom. The Bertz CT molecular complexity index is 342. The molecule has 0 atom stereocenters. The van der Waals surface area contributed by atoms with Gasteiger partial charge in [0.2, 0.25) is 0 Å². The zero-order chi connectivity index (χ0) is 13.4. The number of hydrogen-bond donors (Lipinski definition) is 0. The summed E-state index contributed by atoms with van der Waals surface area (Å²) in [5.74, 6) is 1.55. The van der Waals surface area contributed by atoms with Crippen molar-refractivity contribution in [2.75, 3.05) is 0 Å². The fourth-order valence-electron chi connectivity index (χ4n) is 2.06. The molecule has 0 aromatic heterocycles. The van der Waals surface area contributed by atoms with Crippen molar-refractivity contribution in [3.8, 4) is 0 Å². The summed E-state index contributed by atoms with van der Waals surface area (Å²) in [5.41, 5.74) is 2.79. The normalized spacial score (nSPS) is 11.8. The number of hydrogen-bond acceptors (Lipinski definition) is 0. The van der Waals surface area contributed by atoms with Gasteiger partial charge in [-0.15, -0.1) is 12.8 Å². The van der Waals surface area contributed by atoms with Crippen LogP contribution in [0.5, 0.6) is 0 Å². The molecule has 0 aliphatic heterocycles. The molecule has 0 aromatic rings. The van der Waals surface area contributed by atoms with Crippen molar-refractivity contribution in [1.29, 1.82) is 0 Å². The Labute approximate surface area is 237 Å². The smallest absolute Gasteiger partial charge is 1.00 e. The van der Waals surface area contributed by atoms with Crippen molar-refractivity contribution in [3.05, 3.63) is 47.6 Å². The third kappa shape index (κ3) is 28.7. The second-order valence-electron chi connectivity index (χ2n) is 5.81. The topological polar surface area (TPSA) is 0 Å². The van der Waals surface area contributed by atoms with Gasteiger partial charge in [-0.2, -0.15) is 12.2 Å². The van der Waals surface area contributed by atoms with Gasteiger partial charge >= 0.3 is 52.4 Å². The summed E-state index contributed by atoms with van der Waals surface area (Å²) in [6.07, 6.45) is 19.7. The van der Waals surface area contributed by atoms with Gasteiger partial charge in [-0.25, -0.2) is 23.3 Å². The van der Waals surface area contributed by atoms with Crippen LogP contribution in [0, 0.1) is 24.0 Å². The molecule has 2 aliphatic rings. The second kappa shape index (κ2) is 32.1. The van der Waals surface area contributed by atoms with E-state index >= 15 is 0 Å². The van der Waals surface area contributed by atoms with Crippen molar-refractivity contribution < 1.29 is 127 Å². The monoisotopic (exact) mass is 632 g/mol. The molecule has 0 saturated carbocycles. The van der Waals surface area contributed by atoms with Gasteiger partial charge in [0.25, 0.3) is 0 Å². The third-order valence-corrected chi connectivity index (χ3v) is 2.79. The van der Waals surface area contributed by atoms with E-state index in [0.717, 1.165) is 24.7 Å². The van der Waals surface area contributed by atoms with Gasteiger partial charge < -0.3 is 74.4 Å². The Kier molecular flexibility index (Phi) is 63.4. The maximum absolute atomic E-state index is 3.29. The molecule has 0 N–H and O–H groups in total. The number of rotatable bonds is 4. The van der Waals surface area contributed by atoms with Crippen LogP contribution >= 0.6 is 0 Å². The van der Waals surface area contributed by atoms with E-state index in [-0.39, 0.29) is 127 Å². The Morgan fingerprint density at radius 1 is 0.654 bits per heavy atom. The molecule has 0 radical (unpaired) electrons. The first-order valence-corrected chi connectivity index (χ1v) is 7.10. The predicted octanol–water partition coefficient (Wildman–Crippen LogP) is -12.5. The fraction of sp³-hybridized carbons (Fsp3) is 0.556. The standard InChI is InChI=1S/2C9H13.6ClH.2Zr/c2*1-8(2)7-9-5-3-4-6-9;;;;;;;;/h2*3,5,8H,4,7H2,1-2H3;6*1H;;/q2*-1;;;;;;;2*+4/p-6. The summed E-state index contributed by atoms with van der Waals surface area (Å²) < 4.78 is 0. The minimum absolute atomic E-state index is 0.